The Hall–Kier alpha value is -2.69. The first-order valence-electron chi connectivity index (χ1n) is 7.45. The van der Waals surface area contributed by atoms with Crippen LogP contribution in [0.3, 0.4) is 0 Å². The van der Waals surface area contributed by atoms with E-state index in [0.717, 1.165) is 22.6 Å². The van der Waals surface area contributed by atoms with Crippen LogP contribution in [0.2, 0.25) is 0 Å². The zero-order chi connectivity index (χ0) is 19.5. The molecule has 2 aromatic rings. The van der Waals surface area contributed by atoms with E-state index in [-0.39, 0.29) is 12.2 Å². The lowest BCUT2D eigenvalue weighted by Crippen LogP contribution is -2.34. The molecule has 0 fully saturated rings. The maximum absolute atomic E-state index is 13.1. The predicted octanol–water partition coefficient (Wildman–Crippen LogP) is 6.13. The Labute approximate surface area is 146 Å². The van der Waals surface area contributed by atoms with Crippen molar-refractivity contribution < 1.29 is 26.3 Å². The molecule has 0 N–H and O–H groups in total. The third-order valence-electron chi connectivity index (χ3n) is 3.60. The molecule has 0 aliphatic rings. The van der Waals surface area contributed by atoms with Crippen molar-refractivity contribution in [1.82, 2.24) is 0 Å². The highest BCUT2D eigenvalue weighted by molar-refractivity contribution is 5.62. The fourth-order valence-electron chi connectivity index (χ4n) is 2.53. The van der Waals surface area contributed by atoms with Gasteiger partial charge < -0.3 is 4.90 Å². The minimum absolute atomic E-state index is 0.212. The molecule has 0 atom stereocenters. The lowest BCUT2D eigenvalue weighted by molar-refractivity contribution is -0.136. The van der Waals surface area contributed by atoms with Crippen molar-refractivity contribution in [3.05, 3.63) is 70.6 Å². The molecule has 0 saturated heterocycles. The Balaban J connectivity index is 2.47. The van der Waals surface area contributed by atoms with Crippen molar-refractivity contribution >= 4 is 11.4 Å². The van der Waals surface area contributed by atoms with Crippen molar-refractivity contribution in [1.29, 1.82) is 0 Å². The molecule has 0 heterocycles. The second-order valence-corrected chi connectivity index (χ2v) is 5.77. The van der Waals surface area contributed by atoms with E-state index in [1.165, 1.54) is 0 Å². The maximum Gasteiger partial charge on any atom is 0.407 e. The van der Waals surface area contributed by atoms with E-state index in [0.29, 0.717) is 11.6 Å². The van der Waals surface area contributed by atoms with Crippen LogP contribution in [0.15, 0.2) is 42.5 Å². The molecule has 0 aromatic heterocycles. The summed E-state index contributed by atoms with van der Waals surface area (Å²) in [6.07, 6.45) is -9.43. The van der Waals surface area contributed by atoms with Crippen LogP contribution in [0.4, 0.5) is 37.7 Å². The number of aryl methyl sites for hydroxylation is 1. The summed E-state index contributed by atoms with van der Waals surface area (Å²) in [4.78, 5) is 3.61. The summed E-state index contributed by atoms with van der Waals surface area (Å²) >= 11 is 0. The van der Waals surface area contributed by atoms with E-state index in [1.807, 2.05) is 0 Å². The largest absolute Gasteiger partial charge is 0.407 e. The lowest BCUT2D eigenvalue weighted by atomic mass is 10.1. The van der Waals surface area contributed by atoms with Crippen LogP contribution in [-0.2, 0) is 12.7 Å². The molecule has 0 unspecified atom stereocenters. The SMILES string of the molecule is [C-]#[N+]c1ccc(N(Cc2cccc(C)c2)CC(F)(F)F)cc1C(F)(F)F. The third kappa shape index (κ3) is 5.15. The van der Waals surface area contributed by atoms with Gasteiger partial charge in [-0.05, 0) is 24.6 Å². The van der Waals surface area contributed by atoms with Crippen molar-refractivity contribution in [2.75, 3.05) is 11.4 Å². The van der Waals surface area contributed by atoms with Gasteiger partial charge in [-0.25, -0.2) is 4.85 Å². The van der Waals surface area contributed by atoms with Gasteiger partial charge in [-0.1, -0.05) is 35.9 Å². The Morgan fingerprint density at radius 3 is 2.23 bits per heavy atom. The molecule has 2 nitrogen and oxygen atoms in total. The summed E-state index contributed by atoms with van der Waals surface area (Å²) in [5, 5.41) is 0. The molecule has 0 radical (unpaired) electrons. The molecule has 0 aliphatic carbocycles. The number of hydrogen-bond acceptors (Lipinski definition) is 1. The van der Waals surface area contributed by atoms with Gasteiger partial charge in [-0.3, -0.25) is 0 Å². The fourth-order valence-corrected chi connectivity index (χ4v) is 2.53. The molecule has 0 amide bonds. The number of halogens is 6. The first-order valence-corrected chi connectivity index (χ1v) is 7.45. The summed E-state index contributed by atoms with van der Waals surface area (Å²) in [5.41, 5.74) is -0.778. The van der Waals surface area contributed by atoms with Crippen LogP contribution in [0.5, 0.6) is 0 Å². The number of hydrogen-bond donors (Lipinski definition) is 0. The van der Waals surface area contributed by atoms with Gasteiger partial charge in [0, 0.05) is 12.2 Å². The van der Waals surface area contributed by atoms with Gasteiger partial charge in [0.15, 0.2) is 5.69 Å². The van der Waals surface area contributed by atoms with Gasteiger partial charge in [-0.15, -0.1) is 0 Å². The molecule has 0 saturated carbocycles. The quantitative estimate of drug-likeness (QED) is 0.463. The first-order chi connectivity index (χ1) is 12.0. The van der Waals surface area contributed by atoms with Crippen LogP contribution < -0.4 is 4.90 Å². The van der Waals surface area contributed by atoms with E-state index in [4.69, 9.17) is 6.57 Å². The standard InChI is InChI=1S/C18H14F6N2/c1-12-4-3-5-13(8-12)10-26(11-17(19,20)21)14-6-7-16(25-2)15(9-14)18(22,23)24/h3-9H,10-11H2,1H3. The minimum atomic E-state index is -4.83. The molecule has 0 spiro atoms. The number of anilines is 1. The summed E-state index contributed by atoms with van der Waals surface area (Å²) in [7, 11) is 0. The number of benzene rings is 2. The second-order valence-electron chi connectivity index (χ2n) is 5.77. The van der Waals surface area contributed by atoms with E-state index in [9.17, 15) is 26.3 Å². The smallest absolute Gasteiger partial charge is 0.358 e. The Bertz CT molecular complexity index is 818. The van der Waals surface area contributed by atoms with Crippen LogP contribution in [0.1, 0.15) is 16.7 Å². The molecule has 26 heavy (non-hydrogen) atoms. The van der Waals surface area contributed by atoms with Crippen molar-refractivity contribution in [3.63, 3.8) is 0 Å². The number of rotatable bonds is 4. The summed E-state index contributed by atoms with van der Waals surface area (Å²) in [5.74, 6) is 0. The minimum Gasteiger partial charge on any atom is -0.358 e. The monoisotopic (exact) mass is 372 g/mol. The van der Waals surface area contributed by atoms with Gasteiger partial charge in [0.1, 0.15) is 6.54 Å². The molecular weight excluding hydrogens is 358 g/mol. The van der Waals surface area contributed by atoms with Crippen molar-refractivity contribution in [2.45, 2.75) is 25.8 Å². The molecular formula is C18H14F6N2. The second kappa shape index (κ2) is 7.28. The summed E-state index contributed by atoms with van der Waals surface area (Å²) in [6.45, 7) is 6.97. The van der Waals surface area contributed by atoms with E-state index in [2.05, 4.69) is 4.85 Å². The number of nitrogens with zero attached hydrogens (tertiary/aromatic N) is 2. The van der Waals surface area contributed by atoms with Crippen LogP contribution >= 0.6 is 0 Å². The molecule has 8 heteroatoms. The Morgan fingerprint density at radius 2 is 1.69 bits per heavy atom. The topological polar surface area (TPSA) is 7.60 Å². The van der Waals surface area contributed by atoms with E-state index >= 15 is 0 Å². The molecule has 138 valence electrons. The molecule has 2 rings (SSSR count). The maximum atomic E-state index is 13.1. The zero-order valence-electron chi connectivity index (χ0n) is 13.6. The molecule has 2 aromatic carbocycles. The number of alkyl halides is 6. The van der Waals surface area contributed by atoms with Gasteiger partial charge >= 0.3 is 12.4 Å². The van der Waals surface area contributed by atoms with Crippen molar-refractivity contribution in [2.24, 2.45) is 0 Å². The van der Waals surface area contributed by atoms with Gasteiger partial charge in [0.25, 0.3) is 0 Å². The molecule has 0 aliphatic heterocycles. The van der Waals surface area contributed by atoms with E-state index in [1.54, 1.807) is 31.2 Å². The zero-order valence-corrected chi connectivity index (χ0v) is 13.6. The van der Waals surface area contributed by atoms with Crippen LogP contribution in [0.25, 0.3) is 4.85 Å². The molecule has 0 bridgehead atoms. The fraction of sp³-hybridized carbons (Fsp3) is 0.278. The highest BCUT2D eigenvalue weighted by Gasteiger charge is 2.35. The Morgan fingerprint density at radius 1 is 1.00 bits per heavy atom. The summed E-state index contributed by atoms with van der Waals surface area (Å²) in [6, 6.07) is 9.30. The average molecular weight is 372 g/mol. The first kappa shape index (κ1) is 19.6. The third-order valence-corrected chi connectivity index (χ3v) is 3.60. The highest BCUT2D eigenvalue weighted by atomic mass is 19.4. The predicted molar refractivity (Wildman–Crippen MR) is 86.0 cm³/mol. The van der Waals surface area contributed by atoms with Crippen LogP contribution in [0, 0.1) is 13.5 Å². The van der Waals surface area contributed by atoms with Crippen LogP contribution in [-0.4, -0.2) is 12.7 Å². The van der Waals surface area contributed by atoms with Gasteiger partial charge in [0.2, 0.25) is 0 Å². The highest BCUT2D eigenvalue weighted by Crippen LogP contribution is 2.39. The van der Waals surface area contributed by atoms with E-state index < -0.39 is 30.1 Å². The Kier molecular flexibility index (Phi) is 5.50. The lowest BCUT2D eigenvalue weighted by Gasteiger charge is -2.27. The van der Waals surface area contributed by atoms with Gasteiger partial charge in [-0.2, -0.15) is 26.3 Å². The van der Waals surface area contributed by atoms with Crippen molar-refractivity contribution in [3.8, 4) is 0 Å². The summed E-state index contributed by atoms with van der Waals surface area (Å²) < 4.78 is 78.2. The average Bonchev–Trinajstić information content (AvgIpc) is 2.51. The van der Waals surface area contributed by atoms with Gasteiger partial charge in [0.05, 0.1) is 12.1 Å². The normalized spacial score (nSPS) is 11.9.